The van der Waals surface area contributed by atoms with Gasteiger partial charge in [-0.25, -0.2) is 8.42 Å². The van der Waals surface area contributed by atoms with E-state index in [0.717, 1.165) is 11.4 Å². The lowest BCUT2D eigenvalue weighted by Crippen LogP contribution is -2.30. The van der Waals surface area contributed by atoms with E-state index in [1.165, 1.54) is 36.4 Å². The quantitative estimate of drug-likeness (QED) is 0.277. The number of sulfone groups is 1. The molecule has 2 aliphatic rings. The molecule has 0 fully saturated rings. The van der Waals surface area contributed by atoms with Crippen LogP contribution in [0.15, 0.2) is 87.2 Å². The number of ketones is 1. The van der Waals surface area contributed by atoms with E-state index >= 15 is 0 Å². The highest BCUT2D eigenvalue weighted by atomic mass is 32.2. The molecule has 0 radical (unpaired) electrons. The molecule has 0 aromatic heterocycles. The Morgan fingerprint density at radius 3 is 2.46 bits per heavy atom. The lowest BCUT2D eigenvalue weighted by molar-refractivity contribution is -0.120. The average Bonchev–Trinajstić information content (AvgIpc) is 3.22. The summed E-state index contributed by atoms with van der Waals surface area (Å²) < 4.78 is 58.9. The van der Waals surface area contributed by atoms with Crippen molar-refractivity contribution in [1.82, 2.24) is 5.32 Å². The molecule has 0 aliphatic carbocycles. The van der Waals surface area contributed by atoms with Gasteiger partial charge in [-0.2, -0.15) is 8.42 Å². The predicted octanol–water partition coefficient (Wildman–Crippen LogP) is 3.94. The zero-order valence-electron chi connectivity index (χ0n) is 21.8. The number of nitrogens with zero attached hydrogens (tertiary/aromatic N) is 1. The van der Waals surface area contributed by atoms with Gasteiger partial charge >= 0.3 is 0 Å². The van der Waals surface area contributed by atoms with E-state index in [9.17, 15) is 31.0 Å². The second kappa shape index (κ2) is 10.6. The van der Waals surface area contributed by atoms with E-state index in [0.29, 0.717) is 31.5 Å². The SMILES string of the molecule is CCC(=O)NCCCN1/C(=C/C=C/C=C2/C(=O)c3ccccc3S2(=O)=O)C(C)(C)c2cc(S(=O)(=O)O)ccc21. The van der Waals surface area contributed by atoms with Crippen LogP contribution < -0.4 is 10.2 Å². The topological polar surface area (TPSA) is 138 Å². The first-order valence-electron chi connectivity index (χ1n) is 12.4. The number of amides is 1. The average molecular weight is 571 g/mol. The van der Waals surface area contributed by atoms with E-state index in [1.54, 1.807) is 37.3 Å². The molecule has 0 spiro atoms. The lowest BCUT2D eigenvalue weighted by Gasteiger charge is -2.27. The van der Waals surface area contributed by atoms with Gasteiger partial charge in [0.25, 0.3) is 10.1 Å². The molecule has 0 unspecified atom stereocenters. The largest absolute Gasteiger partial charge is 0.356 e. The van der Waals surface area contributed by atoms with Crippen LogP contribution >= 0.6 is 0 Å². The van der Waals surface area contributed by atoms with Crippen LogP contribution in [0.3, 0.4) is 0 Å². The molecule has 1 amide bonds. The fourth-order valence-electron chi connectivity index (χ4n) is 4.86. The number of hydrogen-bond donors (Lipinski definition) is 2. The number of nitrogens with one attached hydrogen (secondary N) is 1. The first kappa shape index (κ1) is 28.5. The predicted molar refractivity (Wildman–Crippen MR) is 148 cm³/mol. The Balaban J connectivity index is 1.67. The lowest BCUT2D eigenvalue weighted by atomic mass is 9.83. The van der Waals surface area contributed by atoms with E-state index < -0.39 is 31.2 Å². The van der Waals surface area contributed by atoms with Crippen LogP contribution in [0, 0.1) is 0 Å². The van der Waals surface area contributed by atoms with Crippen molar-refractivity contribution in [2.24, 2.45) is 0 Å². The molecule has 0 saturated heterocycles. The molecule has 0 bridgehead atoms. The van der Waals surface area contributed by atoms with Crippen molar-refractivity contribution in [2.75, 3.05) is 18.0 Å². The van der Waals surface area contributed by atoms with E-state index in [-0.39, 0.29) is 26.2 Å². The summed E-state index contributed by atoms with van der Waals surface area (Å²) in [6, 6.07) is 10.5. The summed E-state index contributed by atoms with van der Waals surface area (Å²) >= 11 is 0. The first-order chi connectivity index (χ1) is 18.3. The Hall–Kier alpha value is -3.54. The maximum absolute atomic E-state index is 12.8. The molecule has 2 aromatic rings. The van der Waals surface area contributed by atoms with Gasteiger partial charge in [0.05, 0.1) is 9.79 Å². The van der Waals surface area contributed by atoms with Gasteiger partial charge in [-0.05, 0) is 54.5 Å². The third-order valence-corrected chi connectivity index (χ3v) is 9.60. The van der Waals surface area contributed by atoms with Crippen LogP contribution in [0.1, 0.15) is 49.5 Å². The van der Waals surface area contributed by atoms with Gasteiger partial charge in [0.15, 0.2) is 0 Å². The first-order valence-corrected chi connectivity index (χ1v) is 15.4. The number of hydrogen-bond acceptors (Lipinski definition) is 7. The Morgan fingerprint density at radius 2 is 1.79 bits per heavy atom. The molecule has 0 saturated carbocycles. The highest BCUT2D eigenvalue weighted by Gasteiger charge is 2.41. The second-order valence-corrected chi connectivity index (χ2v) is 13.1. The van der Waals surface area contributed by atoms with Gasteiger partial charge in [-0.1, -0.05) is 45.1 Å². The van der Waals surface area contributed by atoms with Crippen molar-refractivity contribution in [1.29, 1.82) is 0 Å². The molecular weight excluding hydrogens is 540 g/mol. The molecule has 2 heterocycles. The monoisotopic (exact) mass is 570 g/mol. The number of carbonyl (C=O) groups excluding carboxylic acids is 2. The summed E-state index contributed by atoms with van der Waals surface area (Å²) in [4.78, 5) is 25.8. The summed E-state index contributed by atoms with van der Waals surface area (Å²) in [6.45, 7) is 6.57. The molecule has 206 valence electrons. The Labute approximate surface area is 228 Å². The van der Waals surface area contributed by atoms with E-state index in [1.807, 2.05) is 18.7 Å². The number of Topliss-reactive ketones (excluding diaryl/α,β-unsaturated/α-hetero) is 1. The van der Waals surface area contributed by atoms with Gasteiger partial charge in [0.2, 0.25) is 21.5 Å². The van der Waals surface area contributed by atoms with E-state index in [4.69, 9.17) is 0 Å². The van der Waals surface area contributed by atoms with Crippen LogP contribution in [0.4, 0.5) is 5.69 Å². The number of fused-ring (bicyclic) bond motifs is 2. The second-order valence-electron chi connectivity index (χ2n) is 9.78. The van der Waals surface area contributed by atoms with Crippen molar-refractivity contribution < 1.29 is 31.0 Å². The van der Waals surface area contributed by atoms with Crippen molar-refractivity contribution in [3.8, 4) is 0 Å². The van der Waals surface area contributed by atoms with Crippen LogP contribution in [0.25, 0.3) is 0 Å². The van der Waals surface area contributed by atoms with Gasteiger partial charge in [-0.3, -0.25) is 14.1 Å². The summed E-state index contributed by atoms with van der Waals surface area (Å²) in [5, 5.41) is 2.84. The third kappa shape index (κ3) is 5.34. The number of carbonyl (C=O) groups is 2. The highest BCUT2D eigenvalue weighted by molar-refractivity contribution is 7.97. The van der Waals surface area contributed by atoms with Crippen LogP contribution in [0.5, 0.6) is 0 Å². The Bertz CT molecular complexity index is 1650. The minimum Gasteiger partial charge on any atom is -0.356 e. The van der Waals surface area contributed by atoms with Crippen molar-refractivity contribution in [3.05, 3.63) is 88.5 Å². The molecule has 2 aliphatic heterocycles. The van der Waals surface area contributed by atoms with Crippen molar-refractivity contribution in [2.45, 2.75) is 48.8 Å². The van der Waals surface area contributed by atoms with Gasteiger partial charge < -0.3 is 10.2 Å². The fraction of sp³-hybridized carbons (Fsp3) is 0.286. The minimum absolute atomic E-state index is 0.00337. The summed E-state index contributed by atoms with van der Waals surface area (Å²) in [5.41, 5.74) is 1.73. The molecule has 39 heavy (non-hydrogen) atoms. The van der Waals surface area contributed by atoms with E-state index in [2.05, 4.69) is 5.32 Å². The number of anilines is 1. The number of allylic oxidation sites excluding steroid dienone is 6. The number of benzene rings is 2. The summed E-state index contributed by atoms with van der Waals surface area (Å²) in [7, 11) is -8.31. The van der Waals surface area contributed by atoms with Gasteiger partial charge in [-0.15, -0.1) is 0 Å². The standard InChI is InChI=1S/C28H30N2O7S2/c1-4-26(31)29-16-9-17-30-22-15-14-19(39(35,36)37)18-21(22)28(2,3)25(30)13-8-7-12-24-27(32)20-10-5-6-11-23(20)38(24,33)34/h5-8,10-15,18H,4,9,16-17H2,1-3H3,(H,29,31)(H,35,36,37)/b8-7+,24-12-,25-13+. The zero-order chi connectivity index (χ0) is 28.6. The normalized spacial score (nSPS) is 19.6. The Kier molecular flexibility index (Phi) is 7.70. The molecule has 4 rings (SSSR count). The minimum atomic E-state index is -4.41. The van der Waals surface area contributed by atoms with Crippen molar-refractivity contribution in [3.63, 3.8) is 0 Å². The molecule has 11 heteroatoms. The fourth-order valence-corrected chi connectivity index (χ4v) is 6.93. The molecular formula is C28H30N2O7S2. The Morgan fingerprint density at radius 1 is 1.10 bits per heavy atom. The summed E-state index contributed by atoms with van der Waals surface area (Å²) in [6.07, 6.45) is 7.19. The van der Waals surface area contributed by atoms with Gasteiger partial charge in [0.1, 0.15) is 4.91 Å². The maximum Gasteiger partial charge on any atom is 0.294 e. The molecule has 0 atom stereocenters. The third-order valence-electron chi connectivity index (χ3n) is 6.91. The number of rotatable bonds is 8. The molecule has 9 nitrogen and oxygen atoms in total. The smallest absolute Gasteiger partial charge is 0.294 e. The van der Waals surface area contributed by atoms with Crippen LogP contribution in [-0.4, -0.2) is 46.2 Å². The molecule has 2 aromatic carbocycles. The molecule has 2 N–H and O–H groups in total. The van der Waals surface area contributed by atoms with Crippen LogP contribution in [-0.2, 0) is 30.2 Å². The van der Waals surface area contributed by atoms with Gasteiger partial charge in [0, 0.05) is 41.9 Å². The van der Waals surface area contributed by atoms with Crippen molar-refractivity contribution >= 4 is 37.3 Å². The maximum atomic E-state index is 12.8. The highest BCUT2D eigenvalue weighted by Crippen LogP contribution is 2.48. The van der Waals surface area contributed by atoms with Crippen LogP contribution in [0.2, 0.25) is 0 Å². The summed E-state index contributed by atoms with van der Waals surface area (Å²) in [5.74, 6) is -0.606. The zero-order valence-corrected chi connectivity index (χ0v) is 23.5.